The zero-order valence-electron chi connectivity index (χ0n) is 11.2. The van der Waals surface area contributed by atoms with Crippen LogP contribution < -0.4 is 5.32 Å². The molecule has 0 bridgehead atoms. The molecule has 1 aromatic rings. The summed E-state index contributed by atoms with van der Waals surface area (Å²) in [6, 6.07) is 4.40. The van der Waals surface area contributed by atoms with Gasteiger partial charge in [0.25, 0.3) is 0 Å². The molecule has 1 fully saturated rings. The van der Waals surface area contributed by atoms with Gasteiger partial charge in [0.2, 0.25) is 0 Å². The van der Waals surface area contributed by atoms with Gasteiger partial charge in [-0.3, -0.25) is 0 Å². The molecule has 104 valence electrons. The monoisotopic (exact) mass is 288 g/mol. The second kappa shape index (κ2) is 8.92. The first kappa shape index (κ1) is 16.0. The molecule has 0 spiro atoms. The van der Waals surface area contributed by atoms with E-state index in [-0.39, 0.29) is 12.4 Å². The molecule has 2 nitrogen and oxygen atoms in total. The van der Waals surface area contributed by atoms with Crippen LogP contribution in [0.3, 0.4) is 0 Å². The topological polar surface area (TPSA) is 15.3 Å². The van der Waals surface area contributed by atoms with Crippen LogP contribution in [0.5, 0.6) is 0 Å². The molecular weight excluding hydrogens is 264 g/mol. The number of nitrogens with one attached hydrogen (secondary N) is 1. The molecule has 0 saturated carbocycles. The number of rotatable bonds is 6. The fourth-order valence-corrected chi connectivity index (χ4v) is 3.24. The molecule has 1 saturated heterocycles. The molecule has 2 heterocycles. The highest BCUT2D eigenvalue weighted by Gasteiger charge is 2.15. The van der Waals surface area contributed by atoms with Gasteiger partial charge >= 0.3 is 0 Å². The summed E-state index contributed by atoms with van der Waals surface area (Å²) < 4.78 is 0. The molecule has 0 aromatic carbocycles. The van der Waals surface area contributed by atoms with Crippen LogP contribution in [0.1, 0.15) is 24.6 Å². The van der Waals surface area contributed by atoms with E-state index in [1.165, 1.54) is 56.9 Å². The van der Waals surface area contributed by atoms with E-state index < -0.39 is 0 Å². The Bertz CT molecular complexity index is 297. The zero-order valence-corrected chi connectivity index (χ0v) is 12.9. The lowest BCUT2D eigenvalue weighted by Gasteiger charge is -2.29. The maximum Gasteiger partial charge on any atom is 0.00579 e. The van der Waals surface area contributed by atoms with Crippen LogP contribution in [0.2, 0.25) is 0 Å². The van der Waals surface area contributed by atoms with Gasteiger partial charge in [0, 0.05) is 18.0 Å². The minimum atomic E-state index is 0. The molecule has 0 radical (unpaired) electrons. The van der Waals surface area contributed by atoms with E-state index in [2.05, 4.69) is 34.7 Å². The summed E-state index contributed by atoms with van der Waals surface area (Å²) in [4.78, 5) is 4.13. The Morgan fingerprint density at radius 2 is 2.39 bits per heavy atom. The van der Waals surface area contributed by atoms with Gasteiger partial charge in [-0.25, -0.2) is 0 Å². The van der Waals surface area contributed by atoms with Crippen LogP contribution in [-0.4, -0.2) is 37.6 Å². The first-order chi connectivity index (χ1) is 8.38. The molecule has 1 aliphatic heterocycles. The minimum Gasteiger partial charge on any atom is -0.316 e. The van der Waals surface area contributed by atoms with E-state index in [0.29, 0.717) is 0 Å². The van der Waals surface area contributed by atoms with Crippen molar-refractivity contribution < 1.29 is 0 Å². The highest BCUT2D eigenvalue weighted by Crippen LogP contribution is 2.13. The van der Waals surface area contributed by atoms with Crippen molar-refractivity contribution in [1.82, 2.24) is 10.2 Å². The number of hydrogen-bond acceptors (Lipinski definition) is 3. The van der Waals surface area contributed by atoms with Gasteiger partial charge in [-0.2, -0.15) is 0 Å². The van der Waals surface area contributed by atoms with E-state index in [4.69, 9.17) is 0 Å². The van der Waals surface area contributed by atoms with Gasteiger partial charge in [0.15, 0.2) is 0 Å². The Kier molecular flexibility index (Phi) is 7.91. The molecular formula is C14H25ClN2S. The largest absolute Gasteiger partial charge is 0.316 e. The summed E-state index contributed by atoms with van der Waals surface area (Å²) in [5, 5.41) is 5.69. The third kappa shape index (κ3) is 5.27. The van der Waals surface area contributed by atoms with Crippen LogP contribution in [0, 0.1) is 5.92 Å². The summed E-state index contributed by atoms with van der Waals surface area (Å²) in [6.07, 6.45) is 3.97. The number of nitrogens with zero attached hydrogens (tertiary/aromatic N) is 1. The Hall–Kier alpha value is -0.0900. The third-order valence-corrected chi connectivity index (χ3v) is 4.55. The maximum atomic E-state index is 3.51. The second-order valence-corrected chi connectivity index (χ2v) is 5.97. The number of thiophene rings is 1. The number of halogens is 1. The van der Waals surface area contributed by atoms with Gasteiger partial charge in [-0.1, -0.05) is 13.0 Å². The number of hydrogen-bond donors (Lipinski definition) is 1. The highest BCUT2D eigenvalue weighted by molar-refractivity contribution is 7.09. The third-order valence-electron chi connectivity index (χ3n) is 3.62. The normalized spacial score (nSPS) is 19.8. The quantitative estimate of drug-likeness (QED) is 0.866. The Labute approximate surface area is 121 Å². The van der Waals surface area contributed by atoms with Crippen LogP contribution >= 0.6 is 23.7 Å². The molecule has 0 amide bonds. The molecule has 1 aliphatic rings. The fraction of sp³-hybridized carbons (Fsp3) is 0.714. The predicted molar refractivity (Wildman–Crippen MR) is 83.0 cm³/mol. The predicted octanol–water partition coefficient (Wildman–Crippen LogP) is 3.03. The molecule has 1 aromatic heterocycles. The lowest BCUT2D eigenvalue weighted by molar-refractivity contribution is 0.218. The van der Waals surface area contributed by atoms with Gasteiger partial charge < -0.3 is 10.2 Å². The zero-order chi connectivity index (χ0) is 11.9. The summed E-state index contributed by atoms with van der Waals surface area (Å²) in [6.45, 7) is 8.39. The first-order valence-electron chi connectivity index (χ1n) is 6.84. The Morgan fingerprint density at radius 1 is 1.50 bits per heavy atom. The fourth-order valence-electron chi connectivity index (χ4n) is 2.55. The van der Waals surface area contributed by atoms with E-state index in [0.717, 1.165) is 5.92 Å². The Morgan fingerprint density at radius 3 is 3.00 bits per heavy atom. The van der Waals surface area contributed by atoms with Crippen molar-refractivity contribution in [3.05, 3.63) is 22.4 Å². The van der Waals surface area contributed by atoms with Crippen molar-refractivity contribution in [1.29, 1.82) is 0 Å². The van der Waals surface area contributed by atoms with Crippen molar-refractivity contribution >= 4 is 23.7 Å². The van der Waals surface area contributed by atoms with E-state index in [9.17, 15) is 0 Å². The van der Waals surface area contributed by atoms with Crippen LogP contribution in [-0.2, 0) is 6.42 Å². The molecule has 0 aliphatic carbocycles. The summed E-state index contributed by atoms with van der Waals surface area (Å²) in [5.74, 6) is 0.868. The molecule has 1 unspecified atom stereocenters. The standard InChI is InChI=1S/C14H24N2S.ClH/c1-2-16(9-7-14-6-4-10-17-14)12-13-5-3-8-15-11-13;/h4,6,10,13,15H,2-3,5,7-9,11-12H2,1H3;1H. The van der Waals surface area contributed by atoms with Crippen molar-refractivity contribution in [2.24, 2.45) is 5.92 Å². The van der Waals surface area contributed by atoms with E-state index >= 15 is 0 Å². The van der Waals surface area contributed by atoms with Crippen LogP contribution in [0.15, 0.2) is 17.5 Å². The van der Waals surface area contributed by atoms with Crippen molar-refractivity contribution in [2.45, 2.75) is 26.2 Å². The van der Waals surface area contributed by atoms with Gasteiger partial charge in [0.1, 0.15) is 0 Å². The highest BCUT2D eigenvalue weighted by atomic mass is 35.5. The van der Waals surface area contributed by atoms with Gasteiger partial charge in [-0.05, 0) is 56.3 Å². The average molecular weight is 289 g/mol. The number of likely N-dealkylation sites (N-methyl/N-ethyl adjacent to an activating group) is 1. The van der Waals surface area contributed by atoms with Crippen LogP contribution in [0.4, 0.5) is 0 Å². The van der Waals surface area contributed by atoms with Crippen molar-refractivity contribution in [2.75, 3.05) is 32.7 Å². The summed E-state index contributed by atoms with van der Waals surface area (Å²) in [7, 11) is 0. The van der Waals surface area contributed by atoms with Gasteiger partial charge in [-0.15, -0.1) is 23.7 Å². The van der Waals surface area contributed by atoms with Crippen molar-refractivity contribution in [3.8, 4) is 0 Å². The van der Waals surface area contributed by atoms with Crippen molar-refractivity contribution in [3.63, 3.8) is 0 Å². The first-order valence-corrected chi connectivity index (χ1v) is 7.72. The smallest absolute Gasteiger partial charge is 0.00579 e. The second-order valence-electron chi connectivity index (χ2n) is 4.93. The lowest BCUT2D eigenvalue weighted by atomic mass is 9.99. The van der Waals surface area contributed by atoms with E-state index in [1.54, 1.807) is 0 Å². The Balaban J connectivity index is 0.00000162. The summed E-state index contributed by atoms with van der Waals surface area (Å²) >= 11 is 1.88. The molecule has 1 N–H and O–H groups in total. The van der Waals surface area contributed by atoms with Crippen LogP contribution in [0.25, 0.3) is 0 Å². The summed E-state index contributed by atoms with van der Waals surface area (Å²) in [5.41, 5.74) is 0. The SMILES string of the molecule is CCN(CCc1cccs1)CC1CCCNC1.Cl. The molecule has 18 heavy (non-hydrogen) atoms. The molecule has 4 heteroatoms. The van der Waals surface area contributed by atoms with Gasteiger partial charge in [0.05, 0.1) is 0 Å². The molecule has 1 atom stereocenters. The minimum absolute atomic E-state index is 0. The molecule has 2 rings (SSSR count). The maximum absolute atomic E-state index is 3.51. The number of piperidine rings is 1. The average Bonchev–Trinajstić information content (AvgIpc) is 2.89. The van der Waals surface area contributed by atoms with E-state index in [1.807, 2.05) is 11.3 Å². The lowest BCUT2D eigenvalue weighted by Crippen LogP contribution is -2.39.